The predicted molar refractivity (Wildman–Crippen MR) is 90.1 cm³/mol. The molecule has 22 heavy (non-hydrogen) atoms. The van der Waals surface area contributed by atoms with Crippen molar-refractivity contribution in [1.29, 1.82) is 0 Å². The molecular weight excluding hydrogens is 278 g/mol. The van der Waals surface area contributed by atoms with E-state index in [1.165, 1.54) is 38.5 Å². The van der Waals surface area contributed by atoms with Gasteiger partial charge in [0.1, 0.15) is 0 Å². The maximum Gasteiger partial charge on any atom is 0.172 e. The Hall–Kier alpha value is -1.81. The summed E-state index contributed by atoms with van der Waals surface area (Å²) in [5.41, 5.74) is 6.70. The van der Waals surface area contributed by atoms with Crippen LogP contribution in [0, 0.1) is 0 Å². The van der Waals surface area contributed by atoms with E-state index in [0.717, 1.165) is 24.8 Å². The molecule has 122 valence electrons. The number of ether oxygens (including phenoxy) is 1. The highest BCUT2D eigenvalue weighted by molar-refractivity contribution is 5.97. The van der Waals surface area contributed by atoms with Crippen LogP contribution in [0.4, 0.5) is 0 Å². The molecule has 0 aliphatic rings. The van der Waals surface area contributed by atoms with Gasteiger partial charge in [-0.15, -0.1) is 0 Å². The third-order valence-electron chi connectivity index (χ3n) is 3.63. The Balaban J connectivity index is 2.46. The fraction of sp³-hybridized carbons (Fsp3) is 0.500. The smallest absolute Gasteiger partial charge is 0.172 e. The van der Waals surface area contributed by atoms with Gasteiger partial charge in [0.25, 0.3) is 0 Å². The van der Waals surface area contributed by atoms with Gasteiger partial charge in [0.05, 0.1) is 13.2 Å². The number of benzene rings is 1. The molecule has 1 unspecified atom stereocenters. The first kappa shape index (κ1) is 18.2. The van der Waals surface area contributed by atoms with Crippen molar-refractivity contribution < 1.29 is 14.6 Å². The number of hydrogen-bond donors (Lipinski definition) is 2. The molecule has 0 radical (unpaired) electrons. The van der Waals surface area contributed by atoms with Crippen molar-refractivity contribution in [3.8, 4) is 11.5 Å². The van der Waals surface area contributed by atoms with Crippen LogP contribution in [0.3, 0.4) is 0 Å². The standard InChI is InChI=1S/C18H27NO3/c1-3-4-5-6-7-8-15(19)16(20)11-9-14-10-12-17(21)18(13-14)22-2/h9-13,15,21H,3-8,19H2,1-2H3. The molecule has 0 amide bonds. The van der Waals surface area contributed by atoms with Gasteiger partial charge in [-0.25, -0.2) is 0 Å². The SMILES string of the molecule is CCCCCCCC(N)C(=O)C=Cc1ccc(O)c(OC)c1. The van der Waals surface area contributed by atoms with Crippen molar-refractivity contribution in [2.75, 3.05) is 7.11 Å². The molecule has 1 atom stereocenters. The van der Waals surface area contributed by atoms with E-state index in [1.54, 1.807) is 18.2 Å². The molecule has 0 saturated heterocycles. The van der Waals surface area contributed by atoms with Crippen molar-refractivity contribution in [1.82, 2.24) is 0 Å². The predicted octanol–water partition coefficient (Wildman–Crippen LogP) is 3.67. The van der Waals surface area contributed by atoms with E-state index in [1.807, 2.05) is 0 Å². The molecule has 0 aliphatic heterocycles. The number of phenols is 1. The maximum atomic E-state index is 12.0. The lowest BCUT2D eigenvalue weighted by molar-refractivity contribution is -0.115. The third-order valence-corrected chi connectivity index (χ3v) is 3.63. The molecule has 0 bridgehead atoms. The first-order valence-corrected chi connectivity index (χ1v) is 7.93. The molecule has 1 rings (SSSR count). The third kappa shape index (κ3) is 6.31. The van der Waals surface area contributed by atoms with E-state index in [9.17, 15) is 9.90 Å². The monoisotopic (exact) mass is 305 g/mol. The number of phenolic OH excluding ortho intramolecular Hbond substituents is 1. The number of aromatic hydroxyl groups is 1. The van der Waals surface area contributed by atoms with Crippen molar-refractivity contribution in [3.05, 3.63) is 29.8 Å². The minimum absolute atomic E-state index is 0.0671. The van der Waals surface area contributed by atoms with Crippen LogP contribution < -0.4 is 10.5 Å². The van der Waals surface area contributed by atoms with Crippen molar-refractivity contribution >= 4 is 11.9 Å². The number of carbonyl (C=O) groups excluding carboxylic acids is 1. The van der Waals surface area contributed by atoms with E-state index in [-0.39, 0.29) is 11.5 Å². The molecule has 1 aromatic carbocycles. The minimum atomic E-state index is -0.433. The van der Waals surface area contributed by atoms with Crippen LogP contribution >= 0.6 is 0 Å². The average Bonchev–Trinajstić information content (AvgIpc) is 2.53. The minimum Gasteiger partial charge on any atom is -0.504 e. The van der Waals surface area contributed by atoms with Crippen LogP contribution in [0.25, 0.3) is 6.08 Å². The second-order valence-electron chi connectivity index (χ2n) is 5.48. The van der Waals surface area contributed by atoms with E-state index >= 15 is 0 Å². The van der Waals surface area contributed by atoms with Gasteiger partial charge in [0, 0.05) is 0 Å². The second kappa shape index (κ2) is 10.0. The summed E-state index contributed by atoms with van der Waals surface area (Å²) >= 11 is 0. The van der Waals surface area contributed by atoms with Crippen LogP contribution in [0.2, 0.25) is 0 Å². The van der Waals surface area contributed by atoms with Gasteiger partial charge in [0.15, 0.2) is 17.3 Å². The normalized spacial score (nSPS) is 12.5. The molecule has 0 aliphatic carbocycles. The number of methoxy groups -OCH3 is 1. The molecule has 0 saturated carbocycles. The number of ketones is 1. The molecule has 4 nitrogen and oxygen atoms in total. The summed E-state index contributed by atoms with van der Waals surface area (Å²) < 4.78 is 5.03. The average molecular weight is 305 g/mol. The van der Waals surface area contributed by atoms with Crippen LogP contribution in [0.5, 0.6) is 11.5 Å². The van der Waals surface area contributed by atoms with E-state index in [4.69, 9.17) is 10.5 Å². The lowest BCUT2D eigenvalue weighted by Crippen LogP contribution is -2.28. The Labute approximate surface area is 133 Å². The zero-order valence-electron chi connectivity index (χ0n) is 13.5. The first-order valence-electron chi connectivity index (χ1n) is 7.93. The highest BCUT2D eigenvalue weighted by Crippen LogP contribution is 2.26. The number of nitrogens with two attached hydrogens (primary N) is 1. The van der Waals surface area contributed by atoms with E-state index < -0.39 is 6.04 Å². The number of hydrogen-bond acceptors (Lipinski definition) is 4. The Morgan fingerprint density at radius 1 is 1.32 bits per heavy atom. The maximum absolute atomic E-state index is 12.0. The summed E-state index contributed by atoms with van der Waals surface area (Å²) in [5, 5.41) is 9.52. The molecule has 3 N–H and O–H groups in total. The molecule has 0 spiro atoms. The van der Waals surface area contributed by atoms with Crippen molar-refractivity contribution in [2.45, 2.75) is 51.5 Å². The van der Waals surface area contributed by atoms with Crippen LogP contribution in [0.15, 0.2) is 24.3 Å². The lowest BCUT2D eigenvalue weighted by Gasteiger charge is -2.07. The van der Waals surface area contributed by atoms with Gasteiger partial charge in [-0.2, -0.15) is 0 Å². The lowest BCUT2D eigenvalue weighted by atomic mass is 10.0. The zero-order chi connectivity index (χ0) is 16.4. The van der Waals surface area contributed by atoms with Gasteiger partial charge in [-0.3, -0.25) is 4.79 Å². The number of rotatable bonds is 10. The quantitative estimate of drug-likeness (QED) is 0.511. The zero-order valence-corrected chi connectivity index (χ0v) is 13.5. The van der Waals surface area contributed by atoms with Gasteiger partial charge in [0.2, 0.25) is 0 Å². The largest absolute Gasteiger partial charge is 0.504 e. The Bertz CT molecular complexity index is 497. The highest BCUT2D eigenvalue weighted by atomic mass is 16.5. The summed E-state index contributed by atoms with van der Waals surface area (Å²) in [4.78, 5) is 12.0. The molecule has 4 heteroatoms. The second-order valence-corrected chi connectivity index (χ2v) is 5.48. The molecule has 1 aromatic rings. The van der Waals surface area contributed by atoms with E-state index in [2.05, 4.69) is 6.92 Å². The molecular formula is C18H27NO3. The summed E-state index contributed by atoms with van der Waals surface area (Å²) in [6.45, 7) is 2.18. The summed E-state index contributed by atoms with van der Waals surface area (Å²) in [6, 6.07) is 4.50. The summed E-state index contributed by atoms with van der Waals surface area (Å²) in [6.07, 6.45) is 9.72. The van der Waals surface area contributed by atoms with Gasteiger partial charge >= 0.3 is 0 Å². The Morgan fingerprint density at radius 3 is 2.73 bits per heavy atom. The van der Waals surface area contributed by atoms with Crippen molar-refractivity contribution in [2.24, 2.45) is 5.73 Å². The van der Waals surface area contributed by atoms with E-state index in [0.29, 0.717) is 5.75 Å². The van der Waals surface area contributed by atoms with Crippen LogP contribution in [-0.4, -0.2) is 24.0 Å². The molecule has 0 fully saturated rings. The topological polar surface area (TPSA) is 72.6 Å². The Kier molecular flexibility index (Phi) is 8.30. The number of unbranched alkanes of at least 4 members (excludes halogenated alkanes) is 4. The molecule has 0 aromatic heterocycles. The highest BCUT2D eigenvalue weighted by Gasteiger charge is 2.09. The number of carbonyl (C=O) groups is 1. The van der Waals surface area contributed by atoms with Crippen LogP contribution in [-0.2, 0) is 4.79 Å². The van der Waals surface area contributed by atoms with Crippen LogP contribution in [0.1, 0.15) is 51.0 Å². The fourth-order valence-electron chi connectivity index (χ4n) is 2.21. The Morgan fingerprint density at radius 2 is 2.05 bits per heavy atom. The van der Waals surface area contributed by atoms with Crippen molar-refractivity contribution in [3.63, 3.8) is 0 Å². The molecule has 0 heterocycles. The summed E-state index contributed by atoms with van der Waals surface area (Å²) in [5.74, 6) is 0.395. The summed E-state index contributed by atoms with van der Waals surface area (Å²) in [7, 11) is 1.49. The van der Waals surface area contributed by atoms with Gasteiger partial charge in [-0.05, 0) is 30.2 Å². The fourth-order valence-corrected chi connectivity index (χ4v) is 2.21. The van der Waals surface area contributed by atoms with Gasteiger partial charge < -0.3 is 15.6 Å². The first-order chi connectivity index (χ1) is 10.6. The van der Waals surface area contributed by atoms with Gasteiger partial charge in [-0.1, -0.05) is 51.2 Å².